The maximum atomic E-state index is 5.66. The molecule has 0 aliphatic heterocycles. The lowest BCUT2D eigenvalue weighted by atomic mass is 10.1. The second-order valence-corrected chi connectivity index (χ2v) is 4.51. The minimum Gasteiger partial charge on any atom is -0.496 e. The second-order valence-electron chi connectivity index (χ2n) is 4.51. The van der Waals surface area contributed by atoms with Gasteiger partial charge < -0.3 is 10.5 Å². The van der Waals surface area contributed by atoms with Crippen molar-refractivity contribution in [3.05, 3.63) is 29.3 Å². The van der Waals surface area contributed by atoms with Gasteiger partial charge in [0.2, 0.25) is 0 Å². The van der Waals surface area contributed by atoms with E-state index < -0.39 is 0 Å². The molecule has 17 heavy (non-hydrogen) atoms. The summed E-state index contributed by atoms with van der Waals surface area (Å²) in [6, 6.07) is 6.84. The summed E-state index contributed by atoms with van der Waals surface area (Å²) in [7, 11) is 1.69. The summed E-state index contributed by atoms with van der Waals surface area (Å²) in [5, 5.41) is 0. The summed E-state index contributed by atoms with van der Waals surface area (Å²) >= 11 is 0. The van der Waals surface area contributed by atoms with E-state index in [1.54, 1.807) is 7.11 Å². The van der Waals surface area contributed by atoms with Crippen molar-refractivity contribution in [3.8, 4) is 5.75 Å². The average Bonchev–Trinajstić information content (AvgIpc) is 2.35. The zero-order valence-corrected chi connectivity index (χ0v) is 11.4. The molecular weight excluding hydrogens is 212 g/mol. The van der Waals surface area contributed by atoms with E-state index >= 15 is 0 Å². The normalized spacial score (nSPS) is 11.2. The van der Waals surface area contributed by atoms with Crippen LogP contribution in [0.4, 0.5) is 0 Å². The van der Waals surface area contributed by atoms with Crippen LogP contribution in [-0.2, 0) is 13.1 Å². The molecule has 0 unspecified atom stereocenters. The topological polar surface area (TPSA) is 38.5 Å². The Bertz CT molecular complexity index is 350. The predicted octanol–water partition coefficient (Wildman–Crippen LogP) is 2.38. The van der Waals surface area contributed by atoms with Crippen LogP contribution in [0.1, 0.15) is 31.9 Å². The van der Waals surface area contributed by atoms with Crippen LogP contribution in [0.15, 0.2) is 18.2 Å². The SMILES string of the molecule is CCN(Cc1ccc(CN)c(OC)c1)C(C)C. The molecule has 0 aliphatic carbocycles. The molecule has 0 heterocycles. The van der Waals surface area contributed by atoms with Crippen molar-refractivity contribution in [2.24, 2.45) is 5.73 Å². The molecular formula is C14H24N2O. The van der Waals surface area contributed by atoms with Crippen molar-refractivity contribution in [3.63, 3.8) is 0 Å². The highest BCUT2D eigenvalue weighted by molar-refractivity contribution is 5.37. The van der Waals surface area contributed by atoms with Gasteiger partial charge in [-0.05, 0) is 32.0 Å². The number of methoxy groups -OCH3 is 1. The van der Waals surface area contributed by atoms with Crippen molar-refractivity contribution in [2.75, 3.05) is 13.7 Å². The molecule has 0 radical (unpaired) electrons. The molecule has 0 bridgehead atoms. The third-order valence-corrected chi connectivity index (χ3v) is 3.09. The number of benzene rings is 1. The first kappa shape index (κ1) is 14.0. The third kappa shape index (κ3) is 3.72. The molecule has 0 saturated heterocycles. The lowest BCUT2D eigenvalue weighted by Gasteiger charge is -2.25. The van der Waals surface area contributed by atoms with Crippen LogP contribution in [0.2, 0.25) is 0 Å². The van der Waals surface area contributed by atoms with Gasteiger partial charge in [-0.1, -0.05) is 19.1 Å². The highest BCUT2D eigenvalue weighted by Gasteiger charge is 2.09. The lowest BCUT2D eigenvalue weighted by molar-refractivity contribution is 0.224. The highest BCUT2D eigenvalue weighted by atomic mass is 16.5. The molecule has 2 N–H and O–H groups in total. The molecule has 0 atom stereocenters. The lowest BCUT2D eigenvalue weighted by Crippen LogP contribution is -2.29. The van der Waals surface area contributed by atoms with Gasteiger partial charge in [0.25, 0.3) is 0 Å². The fraction of sp³-hybridized carbons (Fsp3) is 0.571. The first-order valence-electron chi connectivity index (χ1n) is 6.22. The molecule has 1 aromatic rings. The van der Waals surface area contributed by atoms with E-state index in [-0.39, 0.29) is 0 Å². The Labute approximate surface area is 105 Å². The molecule has 0 saturated carbocycles. The van der Waals surface area contributed by atoms with Crippen LogP contribution < -0.4 is 10.5 Å². The van der Waals surface area contributed by atoms with E-state index in [0.717, 1.165) is 24.4 Å². The van der Waals surface area contributed by atoms with E-state index in [1.807, 2.05) is 0 Å². The van der Waals surface area contributed by atoms with E-state index in [4.69, 9.17) is 10.5 Å². The molecule has 3 heteroatoms. The van der Waals surface area contributed by atoms with E-state index in [2.05, 4.69) is 43.9 Å². The Hall–Kier alpha value is -1.06. The first-order chi connectivity index (χ1) is 8.12. The average molecular weight is 236 g/mol. The van der Waals surface area contributed by atoms with Crippen LogP contribution in [-0.4, -0.2) is 24.6 Å². The number of ether oxygens (including phenoxy) is 1. The minimum absolute atomic E-state index is 0.519. The number of hydrogen-bond donors (Lipinski definition) is 1. The van der Waals surface area contributed by atoms with Gasteiger partial charge in [0, 0.05) is 24.7 Å². The van der Waals surface area contributed by atoms with Crippen LogP contribution in [0.3, 0.4) is 0 Å². The largest absolute Gasteiger partial charge is 0.496 e. The van der Waals surface area contributed by atoms with Crippen molar-refractivity contribution >= 4 is 0 Å². The van der Waals surface area contributed by atoms with Gasteiger partial charge in [-0.25, -0.2) is 0 Å². The quantitative estimate of drug-likeness (QED) is 0.824. The summed E-state index contributed by atoms with van der Waals surface area (Å²) in [5.41, 5.74) is 7.99. The van der Waals surface area contributed by atoms with Gasteiger partial charge in [0.1, 0.15) is 5.75 Å². The number of nitrogens with zero attached hydrogens (tertiary/aromatic N) is 1. The molecule has 1 rings (SSSR count). The molecule has 0 aliphatic rings. The maximum Gasteiger partial charge on any atom is 0.123 e. The van der Waals surface area contributed by atoms with Gasteiger partial charge in [0.15, 0.2) is 0 Å². The fourth-order valence-corrected chi connectivity index (χ4v) is 1.95. The van der Waals surface area contributed by atoms with Crippen LogP contribution >= 0.6 is 0 Å². The first-order valence-corrected chi connectivity index (χ1v) is 6.22. The molecule has 0 aromatic heterocycles. The van der Waals surface area contributed by atoms with E-state index in [9.17, 15) is 0 Å². The fourth-order valence-electron chi connectivity index (χ4n) is 1.95. The summed E-state index contributed by atoms with van der Waals surface area (Å²) in [6.07, 6.45) is 0. The predicted molar refractivity (Wildman–Crippen MR) is 72.1 cm³/mol. The smallest absolute Gasteiger partial charge is 0.123 e. The zero-order valence-electron chi connectivity index (χ0n) is 11.4. The standard InChI is InChI=1S/C14H24N2O/c1-5-16(11(2)3)10-12-6-7-13(9-15)14(8-12)17-4/h6-8,11H,5,9-10,15H2,1-4H3. The molecule has 0 spiro atoms. The number of hydrogen-bond acceptors (Lipinski definition) is 3. The van der Waals surface area contributed by atoms with Gasteiger partial charge in [-0.3, -0.25) is 4.90 Å². The third-order valence-electron chi connectivity index (χ3n) is 3.09. The summed E-state index contributed by atoms with van der Waals surface area (Å²) in [4.78, 5) is 2.41. The Morgan fingerprint density at radius 3 is 2.53 bits per heavy atom. The number of rotatable bonds is 6. The minimum atomic E-state index is 0.519. The Balaban J connectivity index is 2.85. The molecule has 0 amide bonds. The van der Waals surface area contributed by atoms with Crippen molar-refractivity contribution in [1.82, 2.24) is 4.90 Å². The van der Waals surface area contributed by atoms with Crippen molar-refractivity contribution in [2.45, 2.75) is 39.9 Å². The Kier molecular flexibility index (Phi) is 5.45. The zero-order chi connectivity index (χ0) is 12.8. The molecule has 96 valence electrons. The highest BCUT2D eigenvalue weighted by Crippen LogP contribution is 2.21. The maximum absolute atomic E-state index is 5.66. The molecule has 0 fully saturated rings. The van der Waals surface area contributed by atoms with Crippen LogP contribution in [0.5, 0.6) is 5.75 Å². The van der Waals surface area contributed by atoms with Gasteiger partial charge in [-0.15, -0.1) is 0 Å². The Morgan fingerprint density at radius 1 is 1.35 bits per heavy atom. The second kappa shape index (κ2) is 6.62. The van der Waals surface area contributed by atoms with Gasteiger partial charge in [0.05, 0.1) is 7.11 Å². The molecule has 1 aromatic carbocycles. The van der Waals surface area contributed by atoms with E-state index in [0.29, 0.717) is 12.6 Å². The summed E-state index contributed by atoms with van der Waals surface area (Å²) in [5.74, 6) is 0.893. The number of nitrogens with two attached hydrogens (primary N) is 1. The summed E-state index contributed by atoms with van der Waals surface area (Å²) < 4.78 is 5.35. The van der Waals surface area contributed by atoms with Gasteiger partial charge in [-0.2, -0.15) is 0 Å². The molecule has 3 nitrogen and oxygen atoms in total. The monoisotopic (exact) mass is 236 g/mol. The van der Waals surface area contributed by atoms with Crippen molar-refractivity contribution in [1.29, 1.82) is 0 Å². The van der Waals surface area contributed by atoms with Crippen LogP contribution in [0, 0.1) is 0 Å². The van der Waals surface area contributed by atoms with Gasteiger partial charge >= 0.3 is 0 Å². The van der Waals surface area contributed by atoms with Crippen LogP contribution in [0.25, 0.3) is 0 Å². The van der Waals surface area contributed by atoms with Crippen molar-refractivity contribution < 1.29 is 4.74 Å². The summed E-state index contributed by atoms with van der Waals surface area (Å²) in [6.45, 7) is 9.15. The Morgan fingerprint density at radius 2 is 2.06 bits per heavy atom. The van der Waals surface area contributed by atoms with E-state index in [1.165, 1.54) is 5.56 Å².